The smallest absolute Gasteiger partial charge is 0.255 e. The van der Waals surface area contributed by atoms with Gasteiger partial charge in [0.05, 0.1) is 5.56 Å². The van der Waals surface area contributed by atoms with Crippen molar-refractivity contribution in [1.82, 2.24) is 9.88 Å². The number of methoxy groups -OCH3 is 1. The van der Waals surface area contributed by atoms with Crippen molar-refractivity contribution in [2.24, 2.45) is 5.92 Å². The number of nitrogens with zero attached hydrogens (tertiary/aromatic N) is 2. The Morgan fingerprint density at radius 2 is 2.21 bits per heavy atom. The summed E-state index contributed by atoms with van der Waals surface area (Å²) in [7, 11) is 3.54. The number of carbonyl (C=O) groups excluding carboxylic acids is 1. The maximum absolute atomic E-state index is 12.3. The Morgan fingerprint density at radius 3 is 2.74 bits per heavy atom. The second-order valence-electron chi connectivity index (χ2n) is 4.87. The van der Waals surface area contributed by atoms with Crippen molar-refractivity contribution in [2.45, 2.75) is 12.8 Å². The number of rotatable bonds is 4. The lowest BCUT2D eigenvalue weighted by atomic mass is 9.97. The molecule has 1 aromatic rings. The van der Waals surface area contributed by atoms with Gasteiger partial charge in [-0.25, -0.2) is 4.98 Å². The lowest BCUT2D eigenvalue weighted by Crippen LogP contribution is -2.39. The van der Waals surface area contributed by atoms with Crippen molar-refractivity contribution in [1.29, 1.82) is 0 Å². The zero-order valence-electron chi connectivity index (χ0n) is 11.6. The number of pyridine rings is 1. The molecule has 0 atom stereocenters. The Hall–Kier alpha value is -1.62. The van der Waals surface area contributed by atoms with Crippen LogP contribution in [-0.2, 0) is 4.74 Å². The van der Waals surface area contributed by atoms with Gasteiger partial charge in [-0.3, -0.25) is 4.79 Å². The maximum Gasteiger partial charge on any atom is 0.255 e. The minimum atomic E-state index is 0.0750. The first-order valence-corrected chi connectivity index (χ1v) is 6.66. The van der Waals surface area contributed by atoms with Gasteiger partial charge in [0, 0.05) is 40.1 Å². The fraction of sp³-hybridized carbons (Fsp3) is 0.571. The normalized spacial score (nSPS) is 16.4. The molecule has 0 unspecified atom stereocenters. The van der Waals surface area contributed by atoms with Crippen LogP contribution in [0.2, 0.25) is 0 Å². The van der Waals surface area contributed by atoms with E-state index in [1.165, 1.54) is 0 Å². The second kappa shape index (κ2) is 6.52. The van der Waals surface area contributed by atoms with Crippen LogP contribution in [0.15, 0.2) is 18.3 Å². The van der Waals surface area contributed by atoms with Gasteiger partial charge in [-0.1, -0.05) is 0 Å². The minimum Gasteiger partial charge on any atom is -0.384 e. The summed E-state index contributed by atoms with van der Waals surface area (Å²) >= 11 is 0. The summed E-state index contributed by atoms with van der Waals surface area (Å²) in [6.07, 6.45) is 3.67. The van der Waals surface area contributed by atoms with E-state index in [2.05, 4.69) is 10.3 Å². The Labute approximate surface area is 114 Å². The van der Waals surface area contributed by atoms with Gasteiger partial charge in [0.2, 0.25) is 0 Å². The number of amides is 1. The van der Waals surface area contributed by atoms with Crippen LogP contribution >= 0.6 is 0 Å². The lowest BCUT2D eigenvalue weighted by molar-refractivity contribution is 0.0613. The highest BCUT2D eigenvalue weighted by Crippen LogP contribution is 2.19. The average Bonchev–Trinajstić information content (AvgIpc) is 2.48. The standard InChI is InChI=1S/C14H21N3O2/c1-15-13-4-3-12(9-16-13)14(18)17-7-5-11(6-8-17)10-19-2/h3-4,9,11H,5-8,10H2,1-2H3,(H,15,16). The van der Waals surface area contributed by atoms with Gasteiger partial charge in [-0.05, 0) is 30.9 Å². The van der Waals surface area contributed by atoms with Crippen molar-refractivity contribution < 1.29 is 9.53 Å². The molecule has 1 aliphatic rings. The lowest BCUT2D eigenvalue weighted by Gasteiger charge is -2.31. The highest BCUT2D eigenvalue weighted by molar-refractivity contribution is 5.94. The Kier molecular flexibility index (Phi) is 4.74. The number of ether oxygens (including phenoxy) is 1. The molecule has 1 amide bonds. The molecule has 0 spiro atoms. The molecule has 1 fully saturated rings. The van der Waals surface area contributed by atoms with E-state index in [4.69, 9.17) is 4.74 Å². The van der Waals surface area contributed by atoms with Crippen LogP contribution in [0.5, 0.6) is 0 Å². The predicted molar refractivity (Wildman–Crippen MR) is 74.3 cm³/mol. The summed E-state index contributed by atoms with van der Waals surface area (Å²) < 4.78 is 5.17. The zero-order chi connectivity index (χ0) is 13.7. The molecule has 2 rings (SSSR count). The van der Waals surface area contributed by atoms with Gasteiger partial charge < -0.3 is 15.0 Å². The third-order valence-corrected chi connectivity index (χ3v) is 3.57. The molecule has 2 heterocycles. The number of carbonyl (C=O) groups is 1. The summed E-state index contributed by atoms with van der Waals surface area (Å²) in [4.78, 5) is 18.4. The summed E-state index contributed by atoms with van der Waals surface area (Å²) in [5, 5.41) is 2.94. The van der Waals surface area contributed by atoms with Crippen molar-refractivity contribution in [3.05, 3.63) is 23.9 Å². The molecule has 0 aromatic carbocycles. The quantitative estimate of drug-likeness (QED) is 0.897. The van der Waals surface area contributed by atoms with E-state index in [9.17, 15) is 4.79 Å². The molecule has 1 N–H and O–H groups in total. The molecule has 0 aliphatic carbocycles. The van der Waals surface area contributed by atoms with E-state index in [-0.39, 0.29) is 5.91 Å². The number of hydrogen-bond acceptors (Lipinski definition) is 4. The SMILES string of the molecule is CNc1ccc(C(=O)N2CCC(COC)CC2)cn1. The number of nitrogens with one attached hydrogen (secondary N) is 1. The summed E-state index contributed by atoms with van der Waals surface area (Å²) in [6.45, 7) is 2.40. The zero-order valence-corrected chi connectivity index (χ0v) is 11.6. The third-order valence-electron chi connectivity index (χ3n) is 3.57. The van der Waals surface area contributed by atoms with Gasteiger partial charge in [0.15, 0.2) is 0 Å². The first-order valence-electron chi connectivity index (χ1n) is 6.66. The molecule has 1 aromatic heterocycles. The Balaban J connectivity index is 1.93. The van der Waals surface area contributed by atoms with Gasteiger partial charge in [0.1, 0.15) is 5.82 Å². The number of piperidine rings is 1. The molecule has 0 bridgehead atoms. The molecule has 19 heavy (non-hydrogen) atoms. The van der Waals surface area contributed by atoms with Crippen molar-refractivity contribution in [3.63, 3.8) is 0 Å². The predicted octanol–water partition coefficient (Wildman–Crippen LogP) is 1.62. The molecular weight excluding hydrogens is 242 g/mol. The average molecular weight is 263 g/mol. The van der Waals surface area contributed by atoms with Gasteiger partial charge in [0.25, 0.3) is 5.91 Å². The van der Waals surface area contributed by atoms with Crippen molar-refractivity contribution in [3.8, 4) is 0 Å². The van der Waals surface area contributed by atoms with Crippen molar-refractivity contribution in [2.75, 3.05) is 39.2 Å². The third kappa shape index (κ3) is 3.44. The highest BCUT2D eigenvalue weighted by atomic mass is 16.5. The number of anilines is 1. The molecular formula is C14H21N3O2. The van der Waals surface area contributed by atoms with Gasteiger partial charge >= 0.3 is 0 Å². The Morgan fingerprint density at radius 1 is 1.47 bits per heavy atom. The van der Waals surface area contributed by atoms with Crippen LogP contribution < -0.4 is 5.32 Å². The van der Waals surface area contributed by atoms with Gasteiger partial charge in [-0.2, -0.15) is 0 Å². The van der Waals surface area contributed by atoms with Gasteiger partial charge in [-0.15, -0.1) is 0 Å². The fourth-order valence-electron chi connectivity index (χ4n) is 2.39. The summed E-state index contributed by atoms with van der Waals surface area (Å²) in [5.41, 5.74) is 0.657. The molecule has 0 radical (unpaired) electrons. The fourth-order valence-corrected chi connectivity index (χ4v) is 2.39. The first-order chi connectivity index (χ1) is 9.24. The molecule has 5 nitrogen and oxygen atoms in total. The molecule has 1 aliphatic heterocycles. The van der Waals surface area contributed by atoms with Crippen LogP contribution in [0, 0.1) is 5.92 Å². The van der Waals surface area contributed by atoms with E-state index in [0.29, 0.717) is 11.5 Å². The van der Waals surface area contributed by atoms with Crippen LogP contribution in [0.1, 0.15) is 23.2 Å². The van der Waals surface area contributed by atoms with Crippen LogP contribution in [-0.4, -0.2) is 49.6 Å². The van der Waals surface area contributed by atoms with E-state index < -0.39 is 0 Å². The molecule has 0 saturated carbocycles. The summed E-state index contributed by atoms with van der Waals surface area (Å²) in [6, 6.07) is 3.65. The van der Waals surface area contributed by atoms with E-state index in [1.807, 2.05) is 24.1 Å². The Bertz CT molecular complexity index is 411. The minimum absolute atomic E-state index is 0.0750. The number of hydrogen-bond donors (Lipinski definition) is 1. The second-order valence-corrected chi connectivity index (χ2v) is 4.87. The monoisotopic (exact) mass is 263 g/mol. The number of likely N-dealkylation sites (tertiary alicyclic amines) is 1. The summed E-state index contributed by atoms with van der Waals surface area (Å²) in [5.74, 6) is 1.43. The number of aromatic nitrogens is 1. The molecule has 5 heteroatoms. The van der Waals surface area contributed by atoms with E-state index >= 15 is 0 Å². The van der Waals surface area contributed by atoms with E-state index in [0.717, 1.165) is 38.4 Å². The van der Waals surface area contributed by atoms with Crippen molar-refractivity contribution >= 4 is 11.7 Å². The maximum atomic E-state index is 12.3. The largest absolute Gasteiger partial charge is 0.384 e. The van der Waals surface area contributed by atoms with Crippen LogP contribution in [0.3, 0.4) is 0 Å². The van der Waals surface area contributed by atoms with Crippen LogP contribution in [0.25, 0.3) is 0 Å². The first kappa shape index (κ1) is 13.8. The highest BCUT2D eigenvalue weighted by Gasteiger charge is 2.23. The molecule has 104 valence electrons. The molecule has 1 saturated heterocycles. The topological polar surface area (TPSA) is 54.5 Å². The van der Waals surface area contributed by atoms with E-state index in [1.54, 1.807) is 13.3 Å². The van der Waals surface area contributed by atoms with Crippen LogP contribution in [0.4, 0.5) is 5.82 Å².